The van der Waals surface area contributed by atoms with E-state index in [2.05, 4.69) is 13.0 Å². The van der Waals surface area contributed by atoms with Crippen molar-refractivity contribution in [2.45, 2.75) is 39.3 Å². The molecule has 1 aromatic heterocycles. The van der Waals surface area contributed by atoms with Crippen molar-refractivity contribution in [3.05, 3.63) is 45.6 Å². The highest BCUT2D eigenvalue weighted by Gasteiger charge is 2.31. The van der Waals surface area contributed by atoms with Gasteiger partial charge in [0, 0.05) is 31.0 Å². The lowest BCUT2D eigenvalue weighted by Crippen LogP contribution is -2.46. The molecule has 172 valence electrons. The predicted octanol–water partition coefficient (Wildman–Crippen LogP) is 3.59. The Bertz CT molecular complexity index is 956. The number of fused-ring (bicyclic) bond motifs is 1. The van der Waals surface area contributed by atoms with Crippen molar-refractivity contribution in [1.29, 1.82) is 0 Å². The fourth-order valence-corrected chi connectivity index (χ4v) is 4.80. The van der Waals surface area contributed by atoms with Gasteiger partial charge in [-0.05, 0) is 54.5 Å². The van der Waals surface area contributed by atoms with Crippen LogP contribution in [0.3, 0.4) is 0 Å². The van der Waals surface area contributed by atoms with Crippen LogP contribution >= 0.6 is 11.3 Å². The largest absolute Gasteiger partial charge is 0.454 e. The van der Waals surface area contributed by atoms with E-state index in [1.54, 1.807) is 23.3 Å². The summed E-state index contributed by atoms with van der Waals surface area (Å²) in [5.41, 5.74) is 2.13. The molecule has 7 nitrogen and oxygen atoms in total. The van der Waals surface area contributed by atoms with Crippen LogP contribution in [0.1, 0.15) is 35.3 Å². The summed E-state index contributed by atoms with van der Waals surface area (Å²) in [7, 11) is 1.61. The standard InChI is InChI=1S/C24H30N2O5S/c1-17-8-11-32-22(17)14-26(13-18-6-7-20-21(12-18)31-16-30-20)23(27)15-25(9-10-29-2)24(28)19-4-3-5-19/h6-8,11-12,19H,3-5,9-10,13-16H2,1-2H3. The number of nitrogens with zero attached hydrogens (tertiary/aromatic N) is 2. The summed E-state index contributed by atoms with van der Waals surface area (Å²) >= 11 is 1.64. The zero-order valence-corrected chi connectivity index (χ0v) is 19.5. The number of carbonyl (C=O) groups is 2. The fraction of sp³-hybridized carbons (Fsp3) is 0.500. The van der Waals surface area contributed by atoms with Crippen molar-refractivity contribution in [3.8, 4) is 11.5 Å². The molecule has 2 aliphatic rings. The number of rotatable bonds is 10. The van der Waals surface area contributed by atoms with Gasteiger partial charge in [-0.2, -0.15) is 0 Å². The number of amides is 2. The maximum atomic E-state index is 13.5. The molecule has 2 aromatic rings. The molecule has 2 amide bonds. The molecule has 1 saturated carbocycles. The molecular weight excluding hydrogens is 428 g/mol. The monoisotopic (exact) mass is 458 g/mol. The van der Waals surface area contributed by atoms with Crippen LogP contribution in [0.25, 0.3) is 0 Å². The zero-order valence-electron chi connectivity index (χ0n) is 18.7. The molecule has 1 aliphatic carbocycles. The summed E-state index contributed by atoms with van der Waals surface area (Å²) in [4.78, 5) is 31.0. The van der Waals surface area contributed by atoms with E-state index in [1.807, 2.05) is 28.5 Å². The Morgan fingerprint density at radius 2 is 1.94 bits per heavy atom. The molecule has 0 unspecified atom stereocenters. The molecule has 0 spiro atoms. The lowest BCUT2D eigenvalue weighted by atomic mass is 9.84. The first-order valence-electron chi connectivity index (χ1n) is 11.0. The van der Waals surface area contributed by atoms with Crippen LogP contribution in [-0.2, 0) is 27.4 Å². The molecule has 4 rings (SSSR count). The normalized spacial score (nSPS) is 14.8. The molecule has 0 atom stereocenters. The minimum Gasteiger partial charge on any atom is -0.454 e. The van der Waals surface area contributed by atoms with Gasteiger partial charge in [0.15, 0.2) is 11.5 Å². The van der Waals surface area contributed by atoms with Crippen molar-refractivity contribution in [3.63, 3.8) is 0 Å². The Hall–Kier alpha value is -2.58. The van der Waals surface area contributed by atoms with Crippen molar-refractivity contribution < 1.29 is 23.8 Å². The highest BCUT2D eigenvalue weighted by atomic mass is 32.1. The van der Waals surface area contributed by atoms with E-state index in [-0.39, 0.29) is 31.1 Å². The molecular formula is C24H30N2O5S. The summed E-state index contributed by atoms with van der Waals surface area (Å²) < 4.78 is 16.1. The van der Waals surface area contributed by atoms with E-state index in [9.17, 15) is 9.59 Å². The highest BCUT2D eigenvalue weighted by Crippen LogP contribution is 2.33. The molecule has 0 radical (unpaired) electrons. The molecule has 2 heterocycles. The van der Waals surface area contributed by atoms with E-state index < -0.39 is 0 Å². The molecule has 1 fully saturated rings. The van der Waals surface area contributed by atoms with Gasteiger partial charge in [-0.1, -0.05) is 12.5 Å². The number of aryl methyl sites for hydroxylation is 1. The van der Waals surface area contributed by atoms with Gasteiger partial charge in [0.05, 0.1) is 19.7 Å². The second-order valence-electron chi connectivity index (χ2n) is 8.34. The van der Waals surface area contributed by atoms with Crippen LogP contribution < -0.4 is 9.47 Å². The second-order valence-corrected chi connectivity index (χ2v) is 9.35. The molecule has 0 N–H and O–H groups in total. The van der Waals surface area contributed by atoms with Gasteiger partial charge in [0.25, 0.3) is 0 Å². The Kier molecular flexibility index (Phi) is 7.32. The molecule has 32 heavy (non-hydrogen) atoms. The van der Waals surface area contributed by atoms with E-state index in [0.717, 1.165) is 35.5 Å². The number of ether oxygens (including phenoxy) is 3. The highest BCUT2D eigenvalue weighted by molar-refractivity contribution is 7.10. The first kappa shape index (κ1) is 22.6. The summed E-state index contributed by atoms with van der Waals surface area (Å²) in [6.07, 6.45) is 2.90. The summed E-state index contributed by atoms with van der Waals surface area (Å²) in [5.74, 6) is 1.46. The smallest absolute Gasteiger partial charge is 0.242 e. The molecule has 0 saturated heterocycles. The molecule has 1 aliphatic heterocycles. The van der Waals surface area contributed by atoms with Gasteiger partial charge >= 0.3 is 0 Å². The lowest BCUT2D eigenvalue weighted by molar-refractivity contribution is -0.145. The first-order chi connectivity index (χ1) is 15.5. The van der Waals surface area contributed by atoms with Gasteiger partial charge in [-0.25, -0.2) is 0 Å². The van der Waals surface area contributed by atoms with Crippen LogP contribution in [0.5, 0.6) is 11.5 Å². The summed E-state index contributed by atoms with van der Waals surface area (Å²) in [6.45, 7) is 4.11. The third kappa shape index (κ3) is 5.24. The van der Waals surface area contributed by atoms with E-state index in [4.69, 9.17) is 14.2 Å². The van der Waals surface area contributed by atoms with Crippen LogP contribution in [0.15, 0.2) is 29.6 Å². The van der Waals surface area contributed by atoms with E-state index >= 15 is 0 Å². The summed E-state index contributed by atoms with van der Waals surface area (Å²) in [5, 5.41) is 2.04. The summed E-state index contributed by atoms with van der Waals surface area (Å²) in [6, 6.07) is 7.82. The van der Waals surface area contributed by atoms with Crippen molar-refractivity contribution in [2.24, 2.45) is 5.92 Å². The van der Waals surface area contributed by atoms with Gasteiger partial charge in [0.1, 0.15) is 0 Å². The minimum absolute atomic E-state index is 0.0431. The van der Waals surface area contributed by atoms with Crippen molar-refractivity contribution >= 4 is 23.2 Å². The molecule has 8 heteroatoms. The first-order valence-corrected chi connectivity index (χ1v) is 11.9. The second kappa shape index (κ2) is 10.4. The van der Waals surface area contributed by atoms with Gasteiger partial charge in [0.2, 0.25) is 18.6 Å². The maximum Gasteiger partial charge on any atom is 0.242 e. The molecule has 1 aromatic carbocycles. The number of hydrogen-bond acceptors (Lipinski definition) is 6. The van der Waals surface area contributed by atoms with Gasteiger partial charge < -0.3 is 24.0 Å². The number of methoxy groups -OCH3 is 1. The molecule has 0 bridgehead atoms. The van der Waals surface area contributed by atoms with Crippen LogP contribution in [-0.4, -0.2) is 55.2 Å². The van der Waals surface area contributed by atoms with E-state index in [1.165, 1.54) is 5.56 Å². The van der Waals surface area contributed by atoms with Gasteiger partial charge in [-0.3, -0.25) is 9.59 Å². The van der Waals surface area contributed by atoms with E-state index in [0.29, 0.717) is 32.0 Å². The predicted molar refractivity (Wildman–Crippen MR) is 122 cm³/mol. The van der Waals surface area contributed by atoms with Crippen molar-refractivity contribution in [1.82, 2.24) is 9.80 Å². The SMILES string of the molecule is COCCN(CC(=O)N(Cc1ccc2c(c1)OCO2)Cc1sccc1C)C(=O)C1CCC1. The number of benzene rings is 1. The zero-order chi connectivity index (χ0) is 22.5. The Morgan fingerprint density at radius 1 is 1.12 bits per heavy atom. The Morgan fingerprint density at radius 3 is 2.62 bits per heavy atom. The van der Waals surface area contributed by atoms with Gasteiger partial charge in [-0.15, -0.1) is 11.3 Å². The third-order valence-corrected chi connectivity index (χ3v) is 7.13. The quantitative estimate of drug-likeness (QED) is 0.544. The lowest BCUT2D eigenvalue weighted by Gasteiger charge is -2.33. The third-order valence-electron chi connectivity index (χ3n) is 6.12. The van der Waals surface area contributed by atoms with Crippen LogP contribution in [0, 0.1) is 12.8 Å². The number of hydrogen-bond donors (Lipinski definition) is 0. The number of carbonyl (C=O) groups excluding carboxylic acids is 2. The topological polar surface area (TPSA) is 68.3 Å². The van der Waals surface area contributed by atoms with Crippen molar-refractivity contribution in [2.75, 3.05) is 33.6 Å². The average Bonchev–Trinajstić information content (AvgIpc) is 3.37. The average molecular weight is 459 g/mol. The minimum atomic E-state index is -0.0701. The Labute approximate surface area is 192 Å². The van der Waals surface area contributed by atoms with Crippen LogP contribution in [0.2, 0.25) is 0 Å². The Balaban J connectivity index is 1.51. The fourth-order valence-electron chi connectivity index (χ4n) is 3.88. The number of thiophene rings is 1. The van der Waals surface area contributed by atoms with Crippen LogP contribution in [0.4, 0.5) is 0 Å². The maximum absolute atomic E-state index is 13.5.